The zero-order valence-corrected chi connectivity index (χ0v) is 10.7. The first-order valence-electron chi connectivity index (χ1n) is 6.11. The van der Waals surface area contributed by atoms with Gasteiger partial charge in [-0.1, -0.05) is 30.3 Å². The Bertz CT molecular complexity index is 477. The van der Waals surface area contributed by atoms with Crippen molar-refractivity contribution >= 4 is 5.97 Å². The van der Waals surface area contributed by atoms with Gasteiger partial charge in [0.2, 0.25) is 0 Å². The molecule has 1 aromatic rings. The van der Waals surface area contributed by atoms with Crippen molar-refractivity contribution in [3.8, 4) is 0 Å². The highest BCUT2D eigenvalue weighted by Crippen LogP contribution is 2.39. The minimum Gasteiger partial charge on any atom is -0.463 e. The number of rotatable bonds is 3. The number of alkyl halides is 3. The van der Waals surface area contributed by atoms with Crippen molar-refractivity contribution in [3.05, 3.63) is 35.9 Å². The van der Waals surface area contributed by atoms with Gasteiger partial charge in [-0.2, -0.15) is 13.2 Å². The van der Waals surface area contributed by atoms with Gasteiger partial charge in [0.05, 0.1) is 19.3 Å². The average molecular weight is 289 g/mol. The summed E-state index contributed by atoms with van der Waals surface area (Å²) in [6.07, 6.45) is -4.90. The van der Waals surface area contributed by atoms with Crippen LogP contribution < -0.4 is 5.32 Å². The summed E-state index contributed by atoms with van der Waals surface area (Å²) in [5.74, 6) is -1.47. The molecule has 20 heavy (non-hydrogen) atoms. The van der Waals surface area contributed by atoms with E-state index in [1.165, 1.54) is 6.92 Å². The number of hydrogen-bond acceptors (Lipinski definition) is 4. The number of hydrogen-bond donors (Lipinski definition) is 1. The van der Waals surface area contributed by atoms with Crippen LogP contribution in [0.2, 0.25) is 0 Å². The van der Waals surface area contributed by atoms with Crippen LogP contribution in [0.25, 0.3) is 0 Å². The summed E-state index contributed by atoms with van der Waals surface area (Å²) in [6.45, 7) is 1.02. The first-order chi connectivity index (χ1) is 9.40. The maximum absolute atomic E-state index is 13.2. The van der Waals surface area contributed by atoms with Crippen LogP contribution in [0, 0.1) is 0 Å². The molecule has 0 aromatic heterocycles. The van der Waals surface area contributed by atoms with E-state index in [1.807, 2.05) is 0 Å². The van der Waals surface area contributed by atoms with Gasteiger partial charge >= 0.3 is 17.9 Å². The molecule has 0 spiro atoms. The topological polar surface area (TPSA) is 47.6 Å². The van der Waals surface area contributed by atoms with Crippen LogP contribution in [0.4, 0.5) is 13.2 Å². The Balaban J connectivity index is 2.26. The molecule has 1 saturated heterocycles. The van der Waals surface area contributed by atoms with Crippen LogP contribution in [0.15, 0.2) is 30.3 Å². The van der Waals surface area contributed by atoms with Crippen LogP contribution in [0.1, 0.15) is 18.5 Å². The van der Waals surface area contributed by atoms with Crippen LogP contribution in [0.3, 0.4) is 0 Å². The zero-order valence-electron chi connectivity index (χ0n) is 10.7. The number of ether oxygens (including phenoxy) is 2. The molecule has 1 aliphatic rings. The van der Waals surface area contributed by atoms with E-state index in [4.69, 9.17) is 4.74 Å². The van der Waals surface area contributed by atoms with Gasteiger partial charge in [-0.3, -0.25) is 5.32 Å². The summed E-state index contributed by atoms with van der Waals surface area (Å²) in [5, 5.41) is 2.22. The maximum atomic E-state index is 13.2. The summed E-state index contributed by atoms with van der Waals surface area (Å²) < 4.78 is 48.8. The molecule has 2 atom stereocenters. The number of carbonyl (C=O) groups excluding carboxylic acids is 1. The Morgan fingerprint density at radius 2 is 2.10 bits per heavy atom. The highest BCUT2D eigenvalue weighted by Gasteiger charge is 2.67. The molecular formula is C13H14F3NO3. The van der Waals surface area contributed by atoms with Crippen molar-refractivity contribution < 1.29 is 27.4 Å². The molecule has 0 bridgehead atoms. The molecule has 1 aliphatic heterocycles. The fourth-order valence-electron chi connectivity index (χ4n) is 2.03. The minimum atomic E-state index is -4.90. The van der Waals surface area contributed by atoms with Crippen molar-refractivity contribution in [1.29, 1.82) is 0 Å². The molecule has 0 amide bonds. The fraction of sp³-hybridized carbons (Fsp3) is 0.462. The predicted octanol–water partition coefficient (Wildman–Crippen LogP) is 2.17. The molecule has 1 fully saturated rings. The molecule has 110 valence electrons. The van der Waals surface area contributed by atoms with Crippen molar-refractivity contribution in [3.63, 3.8) is 0 Å². The van der Waals surface area contributed by atoms with E-state index in [9.17, 15) is 18.0 Å². The highest BCUT2D eigenvalue weighted by atomic mass is 19.4. The Morgan fingerprint density at radius 3 is 2.65 bits per heavy atom. The number of carbonyl (C=O) groups is 1. The lowest BCUT2D eigenvalue weighted by atomic mass is 10.1. The number of nitrogens with one attached hydrogen (secondary N) is 1. The highest BCUT2D eigenvalue weighted by molar-refractivity contribution is 5.80. The second kappa shape index (κ2) is 5.41. The first-order valence-corrected chi connectivity index (χ1v) is 6.11. The SMILES string of the molecule is CCOC(=O)[C@]1(C(F)(F)F)N[C@H](c2ccccc2)CO1. The van der Waals surface area contributed by atoms with Crippen LogP contribution in [0.5, 0.6) is 0 Å². The second-order valence-electron chi connectivity index (χ2n) is 4.32. The van der Waals surface area contributed by atoms with Gasteiger partial charge in [-0.05, 0) is 12.5 Å². The standard InChI is InChI=1S/C13H14F3NO3/c1-2-19-11(18)12(13(14,15)16)17-10(8-20-12)9-6-4-3-5-7-9/h3-7,10,17H,2,8H2,1H3/t10-,12-/m0/s1. The van der Waals surface area contributed by atoms with Gasteiger partial charge in [0.1, 0.15) is 0 Å². The summed E-state index contributed by atoms with van der Waals surface area (Å²) in [4.78, 5) is 11.7. The Hall–Kier alpha value is -1.60. The zero-order chi connectivity index (χ0) is 14.8. The lowest BCUT2D eigenvalue weighted by molar-refractivity contribution is -0.271. The lowest BCUT2D eigenvalue weighted by Crippen LogP contribution is -2.61. The van der Waals surface area contributed by atoms with Crippen molar-refractivity contribution in [2.45, 2.75) is 24.9 Å². The largest absolute Gasteiger partial charge is 0.463 e. The molecule has 0 unspecified atom stereocenters. The summed E-state index contributed by atoms with van der Waals surface area (Å²) in [5.41, 5.74) is -2.48. The van der Waals surface area contributed by atoms with E-state index in [1.54, 1.807) is 30.3 Å². The number of halogens is 3. The smallest absolute Gasteiger partial charge is 0.442 e. The monoisotopic (exact) mass is 289 g/mol. The van der Waals surface area contributed by atoms with E-state index in [-0.39, 0.29) is 13.2 Å². The van der Waals surface area contributed by atoms with Crippen LogP contribution >= 0.6 is 0 Å². The average Bonchev–Trinajstić information content (AvgIpc) is 2.86. The van der Waals surface area contributed by atoms with E-state index >= 15 is 0 Å². The normalized spacial score (nSPS) is 26.5. The number of esters is 1. The van der Waals surface area contributed by atoms with Gasteiger partial charge in [0, 0.05) is 0 Å². The quantitative estimate of drug-likeness (QED) is 0.866. The third-order valence-corrected chi connectivity index (χ3v) is 3.01. The van der Waals surface area contributed by atoms with Gasteiger partial charge in [-0.15, -0.1) is 0 Å². The summed E-state index contributed by atoms with van der Waals surface area (Å²) in [6, 6.07) is 7.77. The molecule has 1 aromatic carbocycles. The third kappa shape index (κ3) is 2.51. The van der Waals surface area contributed by atoms with Gasteiger partial charge in [-0.25, -0.2) is 4.79 Å². The van der Waals surface area contributed by atoms with Gasteiger partial charge in [0.25, 0.3) is 0 Å². The molecule has 0 radical (unpaired) electrons. The molecule has 4 nitrogen and oxygen atoms in total. The third-order valence-electron chi connectivity index (χ3n) is 3.01. The summed E-state index contributed by atoms with van der Waals surface area (Å²) >= 11 is 0. The molecule has 0 saturated carbocycles. The molecule has 2 rings (SSSR count). The molecule has 1 heterocycles. The van der Waals surface area contributed by atoms with Crippen molar-refractivity contribution in [2.75, 3.05) is 13.2 Å². The Kier molecular flexibility index (Phi) is 4.01. The predicted molar refractivity (Wildman–Crippen MR) is 63.7 cm³/mol. The van der Waals surface area contributed by atoms with Gasteiger partial charge < -0.3 is 9.47 Å². The second-order valence-corrected chi connectivity index (χ2v) is 4.32. The lowest BCUT2D eigenvalue weighted by Gasteiger charge is -2.28. The summed E-state index contributed by atoms with van der Waals surface area (Å²) in [7, 11) is 0. The molecule has 7 heteroatoms. The molecule has 1 N–H and O–H groups in total. The minimum absolute atomic E-state index is 0.155. The van der Waals surface area contributed by atoms with Crippen LogP contribution in [-0.4, -0.2) is 31.1 Å². The Labute approximate surface area is 113 Å². The van der Waals surface area contributed by atoms with E-state index in [0.29, 0.717) is 5.56 Å². The van der Waals surface area contributed by atoms with E-state index in [2.05, 4.69) is 10.1 Å². The van der Waals surface area contributed by atoms with Crippen LogP contribution in [-0.2, 0) is 14.3 Å². The molecule has 0 aliphatic carbocycles. The van der Waals surface area contributed by atoms with Crippen molar-refractivity contribution in [1.82, 2.24) is 5.32 Å². The number of benzene rings is 1. The van der Waals surface area contributed by atoms with E-state index in [0.717, 1.165) is 0 Å². The van der Waals surface area contributed by atoms with E-state index < -0.39 is 23.9 Å². The Morgan fingerprint density at radius 1 is 1.45 bits per heavy atom. The first kappa shape index (κ1) is 14.8. The van der Waals surface area contributed by atoms with Gasteiger partial charge in [0.15, 0.2) is 0 Å². The van der Waals surface area contributed by atoms with Crippen molar-refractivity contribution in [2.24, 2.45) is 0 Å². The maximum Gasteiger partial charge on any atom is 0.442 e. The fourth-order valence-corrected chi connectivity index (χ4v) is 2.03. The molecular weight excluding hydrogens is 275 g/mol.